The summed E-state index contributed by atoms with van der Waals surface area (Å²) in [6, 6.07) is 17.5. The van der Waals surface area contributed by atoms with Crippen LogP contribution in [0.1, 0.15) is 22.3 Å². The molecular weight excluding hydrogens is 478 g/mol. The number of nitrogens with zero attached hydrogens (tertiary/aromatic N) is 1. The summed E-state index contributed by atoms with van der Waals surface area (Å²) >= 11 is 0. The molecule has 0 spiro atoms. The molecule has 3 aromatic rings. The molecule has 0 N–H and O–H groups in total. The SMILES string of the molecule is COC(=O)Cc1ccc(F)c(-c2ccc(C)cc2CN(CC(F)(F)F)C(=O)OCc2ccccc2)c1. The Kier molecular flexibility index (Phi) is 8.68. The van der Waals surface area contributed by atoms with Crippen LogP contribution in [-0.4, -0.2) is 36.8 Å². The molecule has 0 aliphatic rings. The van der Waals surface area contributed by atoms with Crippen molar-refractivity contribution in [3.8, 4) is 11.1 Å². The van der Waals surface area contributed by atoms with E-state index in [0.29, 0.717) is 32.7 Å². The first kappa shape index (κ1) is 26.7. The fourth-order valence-electron chi connectivity index (χ4n) is 3.66. The Balaban J connectivity index is 1.93. The van der Waals surface area contributed by atoms with Crippen LogP contribution in [0.5, 0.6) is 0 Å². The van der Waals surface area contributed by atoms with Gasteiger partial charge in [-0.3, -0.25) is 9.69 Å². The lowest BCUT2D eigenvalue weighted by Crippen LogP contribution is -2.39. The standard InChI is InChI=1S/C27H25F4NO4/c1-18-8-10-22(23-13-20(9-11-24(23)28)14-25(33)35-2)21(12-18)15-32(17-27(29,30)31)26(34)36-16-19-6-4-3-5-7-19/h3-13H,14-17H2,1-2H3. The summed E-state index contributed by atoms with van der Waals surface area (Å²) in [4.78, 5) is 24.9. The van der Waals surface area contributed by atoms with Gasteiger partial charge in [0, 0.05) is 5.56 Å². The van der Waals surface area contributed by atoms with Crippen molar-refractivity contribution in [2.75, 3.05) is 13.7 Å². The average molecular weight is 503 g/mol. The van der Waals surface area contributed by atoms with Crippen LogP contribution in [0.2, 0.25) is 0 Å². The molecule has 0 atom stereocenters. The second kappa shape index (κ2) is 11.7. The van der Waals surface area contributed by atoms with Gasteiger partial charge in [-0.1, -0.05) is 60.2 Å². The molecule has 0 aliphatic carbocycles. The minimum absolute atomic E-state index is 0.0935. The fourth-order valence-corrected chi connectivity index (χ4v) is 3.66. The maximum atomic E-state index is 14.8. The zero-order valence-electron chi connectivity index (χ0n) is 19.8. The zero-order chi connectivity index (χ0) is 26.3. The van der Waals surface area contributed by atoms with Gasteiger partial charge in [-0.25, -0.2) is 9.18 Å². The number of carbonyl (C=O) groups excluding carboxylic acids is 2. The molecule has 0 radical (unpaired) electrons. The molecule has 0 fully saturated rings. The predicted molar refractivity (Wildman–Crippen MR) is 125 cm³/mol. The van der Waals surface area contributed by atoms with Gasteiger partial charge in [0.05, 0.1) is 20.1 Å². The smallest absolute Gasteiger partial charge is 0.410 e. The van der Waals surface area contributed by atoms with E-state index in [1.54, 1.807) is 55.5 Å². The molecule has 1 amide bonds. The van der Waals surface area contributed by atoms with Crippen molar-refractivity contribution >= 4 is 12.1 Å². The van der Waals surface area contributed by atoms with Crippen LogP contribution in [0.15, 0.2) is 66.7 Å². The third kappa shape index (κ3) is 7.56. The maximum Gasteiger partial charge on any atom is 0.410 e. The van der Waals surface area contributed by atoms with Crippen LogP contribution in [0.25, 0.3) is 11.1 Å². The number of ether oxygens (including phenoxy) is 2. The van der Waals surface area contributed by atoms with Gasteiger partial charge in [-0.2, -0.15) is 13.2 Å². The third-order valence-corrected chi connectivity index (χ3v) is 5.35. The van der Waals surface area contributed by atoms with Crippen molar-refractivity contribution in [2.45, 2.75) is 32.7 Å². The Hall–Kier alpha value is -3.88. The van der Waals surface area contributed by atoms with Crippen molar-refractivity contribution in [2.24, 2.45) is 0 Å². The number of hydrogen-bond acceptors (Lipinski definition) is 4. The van der Waals surface area contributed by atoms with Crippen LogP contribution < -0.4 is 0 Å². The number of benzene rings is 3. The number of amides is 1. The molecule has 0 heterocycles. The average Bonchev–Trinajstić information content (AvgIpc) is 2.83. The molecule has 9 heteroatoms. The van der Waals surface area contributed by atoms with Crippen molar-refractivity contribution in [1.82, 2.24) is 4.90 Å². The summed E-state index contributed by atoms with van der Waals surface area (Å²) in [5.74, 6) is -1.14. The summed E-state index contributed by atoms with van der Waals surface area (Å²) in [5, 5.41) is 0. The van der Waals surface area contributed by atoms with Gasteiger partial charge >= 0.3 is 18.2 Å². The molecule has 0 aromatic heterocycles. The molecule has 0 saturated carbocycles. The quantitative estimate of drug-likeness (QED) is 0.271. The number of esters is 1. The summed E-state index contributed by atoms with van der Waals surface area (Å²) < 4.78 is 64.7. The molecule has 0 bridgehead atoms. The van der Waals surface area contributed by atoms with Gasteiger partial charge in [-0.15, -0.1) is 0 Å². The number of carbonyl (C=O) groups is 2. The molecule has 0 saturated heterocycles. The number of hydrogen-bond donors (Lipinski definition) is 0. The van der Waals surface area contributed by atoms with Crippen LogP contribution in [0.3, 0.4) is 0 Å². The molecule has 5 nitrogen and oxygen atoms in total. The van der Waals surface area contributed by atoms with Crippen molar-refractivity contribution in [3.05, 3.63) is 94.8 Å². The van der Waals surface area contributed by atoms with Gasteiger partial charge in [0.15, 0.2) is 0 Å². The summed E-state index contributed by atoms with van der Waals surface area (Å²) in [6.45, 7) is -0.471. The van der Waals surface area contributed by atoms with Gasteiger partial charge < -0.3 is 9.47 Å². The number of aryl methyl sites for hydroxylation is 1. The first-order valence-electron chi connectivity index (χ1n) is 11.0. The highest BCUT2D eigenvalue weighted by Gasteiger charge is 2.34. The highest BCUT2D eigenvalue weighted by atomic mass is 19.4. The third-order valence-electron chi connectivity index (χ3n) is 5.35. The minimum Gasteiger partial charge on any atom is -0.469 e. The lowest BCUT2D eigenvalue weighted by Gasteiger charge is -2.25. The van der Waals surface area contributed by atoms with Crippen LogP contribution in [0.4, 0.5) is 22.4 Å². The Bertz CT molecular complexity index is 1210. The molecule has 0 unspecified atom stereocenters. The molecule has 36 heavy (non-hydrogen) atoms. The normalized spacial score (nSPS) is 11.2. The van der Waals surface area contributed by atoms with Crippen LogP contribution >= 0.6 is 0 Å². The largest absolute Gasteiger partial charge is 0.469 e. The topological polar surface area (TPSA) is 55.8 Å². The van der Waals surface area contributed by atoms with E-state index in [0.717, 1.165) is 0 Å². The lowest BCUT2D eigenvalue weighted by atomic mass is 9.95. The monoisotopic (exact) mass is 503 g/mol. The first-order valence-corrected chi connectivity index (χ1v) is 11.0. The first-order chi connectivity index (χ1) is 17.1. The van der Waals surface area contributed by atoms with E-state index in [2.05, 4.69) is 4.74 Å². The maximum absolute atomic E-state index is 14.8. The molecule has 190 valence electrons. The van der Waals surface area contributed by atoms with E-state index in [1.807, 2.05) is 0 Å². The van der Waals surface area contributed by atoms with Crippen molar-refractivity contribution in [1.29, 1.82) is 0 Å². The molecule has 3 rings (SSSR count). The number of halogens is 4. The van der Waals surface area contributed by atoms with E-state index in [9.17, 15) is 27.2 Å². The number of rotatable bonds is 8. The summed E-state index contributed by atoms with van der Waals surface area (Å²) in [6.07, 6.45) is -5.93. The highest BCUT2D eigenvalue weighted by Crippen LogP contribution is 2.30. The minimum atomic E-state index is -4.68. The van der Waals surface area contributed by atoms with E-state index in [4.69, 9.17) is 4.74 Å². The van der Waals surface area contributed by atoms with Crippen molar-refractivity contribution in [3.63, 3.8) is 0 Å². The predicted octanol–water partition coefficient (Wildman–Crippen LogP) is 6.22. The summed E-state index contributed by atoms with van der Waals surface area (Å²) in [7, 11) is 1.23. The van der Waals surface area contributed by atoms with Gasteiger partial charge in [0.1, 0.15) is 19.0 Å². The van der Waals surface area contributed by atoms with Gasteiger partial charge in [0.2, 0.25) is 0 Å². The zero-order valence-corrected chi connectivity index (χ0v) is 19.8. The second-order valence-electron chi connectivity index (χ2n) is 8.24. The fraction of sp³-hybridized carbons (Fsp3) is 0.259. The number of methoxy groups -OCH3 is 1. The Morgan fingerprint density at radius 2 is 1.64 bits per heavy atom. The molecule has 0 aliphatic heterocycles. The van der Waals surface area contributed by atoms with E-state index in [1.165, 1.54) is 25.3 Å². The Morgan fingerprint density at radius 1 is 0.917 bits per heavy atom. The van der Waals surface area contributed by atoms with Gasteiger partial charge in [0.25, 0.3) is 0 Å². The highest BCUT2D eigenvalue weighted by molar-refractivity contribution is 5.75. The van der Waals surface area contributed by atoms with E-state index < -0.39 is 37.1 Å². The van der Waals surface area contributed by atoms with Crippen molar-refractivity contribution < 1.29 is 36.6 Å². The van der Waals surface area contributed by atoms with E-state index in [-0.39, 0.29) is 18.6 Å². The molecule has 3 aromatic carbocycles. The number of alkyl halides is 3. The van der Waals surface area contributed by atoms with E-state index >= 15 is 0 Å². The Morgan fingerprint density at radius 3 is 2.31 bits per heavy atom. The molecular formula is C27H25F4NO4. The lowest BCUT2D eigenvalue weighted by molar-refractivity contribution is -0.144. The van der Waals surface area contributed by atoms with Gasteiger partial charge in [-0.05, 0) is 41.3 Å². The summed E-state index contributed by atoms with van der Waals surface area (Å²) in [5.41, 5.74) is 2.50. The van der Waals surface area contributed by atoms with Crippen LogP contribution in [0, 0.1) is 12.7 Å². The Labute approximate surface area is 206 Å². The second-order valence-corrected chi connectivity index (χ2v) is 8.24. The van der Waals surface area contributed by atoms with Crippen LogP contribution in [-0.2, 0) is 33.8 Å².